The molecule has 1 rings (SSSR count). The molecule has 0 amide bonds. The Labute approximate surface area is 61.4 Å². The average molecular weight is 136 g/mol. The van der Waals surface area contributed by atoms with E-state index in [0.717, 1.165) is 12.0 Å². The molecule has 0 bridgehead atoms. The van der Waals surface area contributed by atoms with Gasteiger partial charge in [0.15, 0.2) is 0 Å². The second-order valence-electron chi connectivity index (χ2n) is 2.45. The van der Waals surface area contributed by atoms with Crippen LogP contribution in [0.15, 0.2) is 35.5 Å². The Morgan fingerprint density at radius 2 is 2.20 bits per heavy atom. The molecule has 0 radical (unpaired) electrons. The highest BCUT2D eigenvalue weighted by Crippen LogP contribution is 2.08. The summed E-state index contributed by atoms with van der Waals surface area (Å²) in [5.74, 6) is 0. The summed E-state index contributed by atoms with van der Waals surface area (Å²) in [6, 6.07) is 0. The van der Waals surface area contributed by atoms with Crippen molar-refractivity contribution in [2.24, 2.45) is 0 Å². The molecular weight excluding hydrogens is 124 g/mol. The molecule has 1 heteroatoms. The van der Waals surface area contributed by atoms with Crippen LogP contribution in [0.2, 0.25) is 0 Å². The second kappa shape index (κ2) is 3.37. The fraction of sp³-hybridized carbons (Fsp3) is 0.333. The Kier molecular flexibility index (Phi) is 2.46. The molecule has 0 atom stereocenters. The van der Waals surface area contributed by atoms with Crippen LogP contribution in [0.4, 0.5) is 0 Å². The topological polar surface area (TPSA) is 20.2 Å². The average Bonchev–Trinajstić information content (AvgIpc) is 2.14. The van der Waals surface area contributed by atoms with Crippen LogP contribution < -0.4 is 0 Å². The van der Waals surface area contributed by atoms with E-state index in [0.29, 0.717) is 0 Å². The molecule has 0 spiro atoms. The second-order valence-corrected chi connectivity index (χ2v) is 2.45. The molecule has 0 saturated carbocycles. The summed E-state index contributed by atoms with van der Waals surface area (Å²) >= 11 is 0. The molecule has 10 heavy (non-hydrogen) atoms. The van der Waals surface area contributed by atoms with Crippen molar-refractivity contribution in [2.75, 3.05) is 6.61 Å². The van der Waals surface area contributed by atoms with Crippen molar-refractivity contribution in [3.8, 4) is 0 Å². The van der Waals surface area contributed by atoms with Crippen LogP contribution in [-0.4, -0.2) is 11.7 Å². The van der Waals surface area contributed by atoms with Crippen molar-refractivity contribution < 1.29 is 5.11 Å². The lowest BCUT2D eigenvalue weighted by Crippen LogP contribution is -1.83. The fourth-order valence-corrected chi connectivity index (χ4v) is 0.888. The Morgan fingerprint density at radius 3 is 2.90 bits per heavy atom. The van der Waals surface area contributed by atoms with Gasteiger partial charge in [0.05, 0.1) is 6.61 Å². The molecule has 0 aromatic rings. The van der Waals surface area contributed by atoms with E-state index in [1.54, 1.807) is 0 Å². The summed E-state index contributed by atoms with van der Waals surface area (Å²) in [7, 11) is 0. The van der Waals surface area contributed by atoms with Gasteiger partial charge in [-0.25, -0.2) is 0 Å². The predicted molar refractivity (Wildman–Crippen MR) is 42.7 cm³/mol. The summed E-state index contributed by atoms with van der Waals surface area (Å²) in [4.78, 5) is 0. The van der Waals surface area contributed by atoms with Gasteiger partial charge in [-0.3, -0.25) is 0 Å². The predicted octanol–water partition coefficient (Wildman–Crippen LogP) is 1.81. The van der Waals surface area contributed by atoms with Crippen molar-refractivity contribution in [1.29, 1.82) is 0 Å². The summed E-state index contributed by atoms with van der Waals surface area (Å²) in [6.45, 7) is 2.21. The van der Waals surface area contributed by atoms with Gasteiger partial charge in [-0.1, -0.05) is 29.9 Å². The first-order chi connectivity index (χ1) is 4.83. The first kappa shape index (κ1) is 7.29. The Bertz CT molecular complexity index is 197. The zero-order valence-electron chi connectivity index (χ0n) is 6.17. The van der Waals surface area contributed by atoms with E-state index in [1.165, 1.54) is 5.57 Å². The number of hydrogen-bond acceptors (Lipinski definition) is 1. The van der Waals surface area contributed by atoms with Gasteiger partial charge < -0.3 is 5.11 Å². The maximum atomic E-state index is 8.76. The van der Waals surface area contributed by atoms with Crippen LogP contribution in [0.3, 0.4) is 0 Å². The Hall–Kier alpha value is -0.820. The molecule has 0 aliphatic heterocycles. The highest BCUT2D eigenvalue weighted by Gasteiger charge is 1.92. The third-order valence-electron chi connectivity index (χ3n) is 1.56. The SMILES string of the molecule is CC1=CCC=C(CO)C=C1. The van der Waals surface area contributed by atoms with Gasteiger partial charge >= 0.3 is 0 Å². The number of allylic oxidation sites excluding steroid dienone is 4. The first-order valence-corrected chi connectivity index (χ1v) is 3.47. The minimum atomic E-state index is 0.150. The number of aliphatic hydroxyl groups excluding tert-OH is 1. The summed E-state index contributed by atoms with van der Waals surface area (Å²) in [5, 5.41) is 8.76. The number of aliphatic hydroxyl groups is 1. The Balaban J connectivity index is 2.69. The third kappa shape index (κ3) is 1.85. The van der Waals surface area contributed by atoms with Crippen molar-refractivity contribution in [3.05, 3.63) is 35.5 Å². The Morgan fingerprint density at radius 1 is 1.40 bits per heavy atom. The summed E-state index contributed by atoms with van der Waals surface area (Å²) in [5.41, 5.74) is 2.27. The summed E-state index contributed by atoms with van der Waals surface area (Å²) < 4.78 is 0. The quantitative estimate of drug-likeness (QED) is 0.583. The largest absolute Gasteiger partial charge is 0.392 e. The molecule has 0 unspecified atom stereocenters. The molecule has 1 N–H and O–H groups in total. The lowest BCUT2D eigenvalue weighted by molar-refractivity contribution is 0.334. The van der Waals surface area contributed by atoms with Crippen molar-refractivity contribution in [2.45, 2.75) is 13.3 Å². The van der Waals surface area contributed by atoms with Gasteiger partial charge in [0, 0.05) is 0 Å². The van der Waals surface area contributed by atoms with Gasteiger partial charge in [0.1, 0.15) is 0 Å². The van der Waals surface area contributed by atoms with Crippen LogP contribution in [0.1, 0.15) is 13.3 Å². The molecule has 0 aromatic carbocycles. The van der Waals surface area contributed by atoms with Crippen molar-refractivity contribution in [3.63, 3.8) is 0 Å². The minimum Gasteiger partial charge on any atom is -0.392 e. The lowest BCUT2D eigenvalue weighted by Gasteiger charge is -1.90. The molecular formula is C9H12O. The smallest absolute Gasteiger partial charge is 0.0678 e. The first-order valence-electron chi connectivity index (χ1n) is 3.47. The maximum Gasteiger partial charge on any atom is 0.0678 e. The molecule has 0 saturated heterocycles. The molecule has 1 aliphatic rings. The van der Waals surface area contributed by atoms with Crippen LogP contribution in [0.25, 0.3) is 0 Å². The lowest BCUT2D eigenvalue weighted by atomic mass is 10.2. The van der Waals surface area contributed by atoms with Gasteiger partial charge in [-0.15, -0.1) is 0 Å². The van der Waals surface area contributed by atoms with E-state index < -0.39 is 0 Å². The van der Waals surface area contributed by atoms with E-state index in [4.69, 9.17) is 5.11 Å². The third-order valence-corrected chi connectivity index (χ3v) is 1.56. The molecule has 0 aromatic heterocycles. The monoisotopic (exact) mass is 136 g/mol. The van der Waals surface area contributed by atoms with E-state index in [2.05, 4.69) is 13.0 Å². The molecule has 0 heterocycles. The molecule has 1 aliphatic carbocycles. The van der Waals surface area contributed by atoms with E-state index in [1.807, 2.05) is 18.2 Å². The van der Waals surface area contributed by atoms with E-state index in [-0.39, 0.29) is 6.61 Å². The number of rotatable bonds is 1. The number of hydrogen-bond donors (Lipinski definition) is 1. The van der Waals surface area contributed by atoms with Crippen molar-refractivity contribution in [1.82, 2.24) is 0 Å². The summed E-state index contributed by atoms with van der Waals surface area (Å²) in [6.07, 6.45) is 9.09. The highest BCUT2D eigenvalue weighted by atomic mass is 16.3. The minimum absolute atomic E-state index is 0.150. The van der Waals surface area contributed by atoms with Crippen molar-refractivity contribution >= 4 is 0 Å². The van der Waals surface area contributed by atoms with Crippen LogP contribution >= 0.6 is 0 Å². The van der Waals surface area contributed by atoms with E-state index >= 15 is 0 Å². The van der Waals surface area contributed by atoms with Crippen LogP contribution in [0.5, 0.6) is 0 Å². The zero-order valence-corrected chi connectivity index (χ0v) is 6.17. The molecule has 1 nitrogen and oxygen atoms in total. The van der Waals surface area contributed by atoms with Crippen LogP contribution in [-0.2, 0) is 0 Å². The molecule has 54 valence electrons. The van der Waals surface area contributed by atoms with Gasteiger partial charge in [0.2, 0.25) is 0 Å². The van der Waals surface area contributed by atoms with Gasteiger partial charge in [0.25, 0.3) is 0 Å². The molecule has 0 fully saturated rings. The van der Waals surface area contributed by atoms with Crippen LogP contribution in [0, 0.1) is 0 Å². The normalized spacial score (nSPS) is 17.8. The standard InChI is InChI=1S/C9H12O/c1-8-3-2-4-9(7-10)6-5-8/h3-6,10H,2,7H2,1H3. The maximum absolute atomic E-state index is 8.76. The van der Waals surface area contributed by atoms with E-state index in [9.17, 15) is 0 Å². The van der Waals surface area contributed by atoms with Gasteiger partial charge in [-0.05, 0) is 18.9 Å². The highest BCUT2D eigenvalue weighted by molar-refractivity contribution is 5.31. The fourth-order valence-electron chi connectivity index (χ4n) is 0.888. The zero-order chi connectivity index (χ0) is 7.40. The van der Waals surface area contributed by atoms with Gasteiger partial charge in [-0.2, -0.15) is 0 Å².